The van der Waals surface area contributed by atoms with Crippen molar-refractivity contribution in [1.29, 1.82) is 0 Å². The largest absolute Gasteiger partial charge is 0.393 e. The third-order valence-corrected chi connectivity index (χ3v) is 2.26. The lowest BCUT2D eigenvalue weighted by Gasteiger charge is -2.10. The summed E-state index contributed by atoms with van der Waals surface area (Å²) in [7, 11) is 0. The Labute approximate surface area is 73.1 Å². The first-order valence-corrected chi connectivity index (χ1v) is 4.53. The van der Waals surface area contributed by atoms with Crippen molar-refractivity contribution in [3.05, 3.63) is 0 Å². The zero-order chi connectivity index (χ0) is 8.97. The van der Waals surface area contributed by atoms with E-state index in [4.69, 9.17) is 10.8 Å². The minimum Gasteiger partial charge on any atom is -0.393 e. The highest BCUT2D eigenvalue weighted by molar-refractivity contribution is 5.72. The first kappa shape index (κ1) is 9.32. The fraction of sp³-hybridized carbons (Fsp3) is 0.875. The van der Waals surface area contributed by atoms with Gasteiger partial charge in [0, 0.05) is 0 Å². The second-order valence-corrected chi connectivity index (χ2v) is 3.09. The minimum atomic E-state index is 0.200. The summed E-state index contributed by atoms with van der Waals surface area (Å²) < 4.78 is 2.05. The summed E-state index contributed by atoms with van der Waals surface area (Å²) in [6, 6.07) is 0.226. The maximum Gasteiger partial charge on any atom is 0.343 e. The van der Waals surface area contributed by atoms with E-state index in [9.17, 15) is 0 Å². The van der Waals surface area contributed by atoms with Gasteiger partial charge in [0.25, 0.3) is 0 Å². The summed E-state index contributed by atoms with van der Waals surface area (Å²) in [5.74, 6) is 0.703. The number of nitrogens with one attached hydrogen (secondary N) is 1. The Morgan fingerprint density at radius 3 is 3.08 bits per heavy atom. The molecule has 1 fully saturated rings. The van der Waals surface area contributed by atoms with Gasteiger partial charge in [-0.2, -0.15) is 0 Å². The van der Waals surface area contributed by atoms with Gasteiger partial charge in [0.2, 0.25) is 0 Å². The molecule has 0 aliphatic carbocycles. The van der Waals surface area contributed by atoms with E-state index < -0.39 is 0 Å². The van der Waals surface area contributed by atoms with Gasteiger partial charge in [-0.25, -0.2) is 0 Å². The molecule has 4 heteroatoms. The molecule has 12 heavy (non-hydrogen) atoms. The molecule has 1 aliphatic heterocycles. The second-order valence-electron chi connectivity index (χ2n) is 3.09. The average molecular weight is 172 g/mol. The van der Waals surface area contributed by atoms with Crippen molar-refractivity contribution in [1.82, 2.24) is 5.32 Å². The van der Waals surface area contributed by atoms with E-state index in [0.717, 1.165) is 25.9 Å². The second kappa shape index (κ2) is 4.30. The number of nitrogens with two attached hydrogens (primary N) is 1. The summed E-state index contributed by atoms with van der Waals surface area (Å²) in [5.41, 5.74) is 5.78. The van der Waals surface area contributed by atoms with E-state index in [2.05, 4.69) is 5.32 Å². The van der Waals surface area contributed by atoms with Gasteiger partial charge in [-0.05, 0) is 19.8 Å². The lowest BCUT2D eigenvalue weighted by Crippen LogP contribution is -2.43. The summed E-state index contributed by atoms with van der Waals surface area (Å²) in [5, 5.41) is 12.1. The van der Waals surface area contributed by atoms with Gasteiger partial charge < -0.3 is 5.11 Å². The predicted molar refractivity (Wildman–Crippen MR) is 48.1 cm³/mol. The number of aliphatic hydroxyl groups is 1. The van der Waals surface area contributed by atoms with Crippen molar-refractivity contribution in [3.63, 3.8) is 0 Å². The van der Waals surface area contributed by atoms with Crippen molar-refractivity contribution >= 4 is 5.96 Å². The topological polar surface area (TPSA) is 61.3 Å². The third-order valence-electron chi connectivity index (χ3n) is 2.26. The number of nitrogens with zero attached hydrogens (tertiary/aromatic N) is 1. The van der Waals surface area contributed by atoms with E-state index >= 15 is 0 Å². The highest BCUT2D eigenvalue weighted by Gasteiger charge is 2.24. The lowest BCUT2D eigenvalue weighted by atomic mass is 10.2. The zero-order valence-electron chi connectivity index (χ0n) is 7.58. The molecule has 1 saturated heterocycles. The molecular weight excluding hydrogens is 154 g/mol. The number of hydrogen-bond donors (Lipinski definition) is 3. The van der Waals surface area contributed by atoms with Crippen molar-refractivity contribution in [2.24, 2.45) is 5.73 Å². The maximum absolute atomic E-state index is 9.02. The molecule has 0 aromatic rings. The molecule has 4 nitrogen and oxygen atoms in total. The number of aliphatic hydroxyl groups excluding tert-OH is 1. The fourth-order valence-electron chi connectivity index (χ4n) is 1.63. The monoisotopic (exact) mass is 172 g/mol. The van der Waals surface area contributed by atoms with Crippen LogP contribution in [0, 0.1) is 0 Å². The first-order chi connectivity index (χ1) is 5.79. The number of hydrogen-bond acceptors (Lipinski definition) is 1. The SMILES string of the molecule is CCNC(N)=[N+]1CCC[C@H]1CO. The van der Waals surface area contributed by atoms with Crippen molar-refractivity contribution in [3.8, 4) is 0 Å². The van der Waals surface area contributed by atoms with Crippen LogP contribution in [0.1, 0.15) is 19.8 Å². The lowest BCUT2D eigenvalue weighted by molar-refractivity contribution is -0.549. The Kier molecular flexibility index (Phi) is 3.34. The van der Waals surface area contributed by atoms with Crippen molar-refractivity contribution < 1.29 is 9.68 Å². The Hall–Kier alpha value is -0.770. The smallest absolute Gasteiger partial charge is 0.343 e. The predicted octanol–water partition coefficient (Wildman–Crippen LogP) is -0.922. The summed E-state index contributed by atoms with van der Waals surface area (Å²) >= 11 is 0. The third kappa shape index (κ3) is 1.88. The van der Waals surface area contributed by atoms with E-state index in [1.54, 1.807) is 0 Å². The molecule has 0 spiro atoms. The molecular formula is C8H18N3O+. The van der Waals surface area contributed by atoms with E-state index in [-0.39, 0.29) is 12.6 Å². The van der Waals surface area contributed by atoms with E-state index in [1.165, 1.54) is 0 Å². The van der Waals surface area contributed by atoms with Gasteiger partial charge in [-0.1, -0.05) is 0 Å². The molecule has 0 amide bonds. The van der Waals surface area contributed by atoms with Crippen LogP contribution in [0.25, 0.3) is 0 Å². The Bertz CT molecular complexity index is 179. The molecule has 0 radical (unpaired) electrons. The molecule has 0 bridgehead atoms. The highest BCUT2D eigenvalue weighted by atomic mass is 16.3. The van der Waals surface area contributed by atoms with Crippen LogP contribution in [0.4, 0.5) is 0 Å². The van der Waals surface area contributed by atoms with Crippen LogP contribution in [0.2, 0.25) is 0 Å². The standard InChI is InChI=1S/C8H17N3O/c1-2-10-8(9)11-5-3-4-7(11)6-12/h7,12H,2-6H2,1H3,(H2,9,10)/p+1/t7-/m0/s1. The molecule has 0 saturated carbocycles. The maximum atomic E-state index is 9.02. The summed E-state index contributed by atoms with van der Waals surface area (Å²) in [6.45, 7) is 4.01. The van der Waals surface area contributed by atoms with Crippen LogP contribution in [0.3, 0.4) is 0 Å². The molecule has 1 atom stereocenters. The van der Waals surface area contributed by atoms with E-state index in [0.29, 0.717) is 5.96 Å². The number of guanidine groups is 1. The van der Waals surface area contributed by atoms with Gasteiger partial charge in [0.05, 0.1) is 19.7 Å². The Balaban J connectivity index is 2.63. The molecule has 1 aliphatic rings. The van der Waals surface area contributed by atoms with Gasteiger partial charge in [-0.15, -0.1) is 0 Å². The van der Waals surface area contributed by atoms with E-state index in [1.807, 2.05) is 11.5 Å². The van der Waals surface area contributed by atoms with Crippen LogP contribution >= 0.6 is 0 Å². The average Bonchev–Trinajstić information content (AvgIpc) is 2.51. The van der Waals surface area contributed by atoms with Crippen LogP contribution in [-0.2, 0) is 0 Å². The molecule has 0 aromatic heterocycles. The van der Waals surface area contributed by atoms with Gasteiger partial charge in [0.15, 0.2) is 0 Å². The van der Waals surface area contributed by atoms with Gasteiger partial charge >= 0.3 is 5.96 Å². The van der Waals surface area contributed by atoms with Crippen LogP contribution in [0.15, 0.2) is 0 Å². The van der Waals surface area contributed by atoms with Gasteiger partial charge in [-0.3, -0.25) is 15.6 Å². The fourth-order valence-corrected chi connectivity index (χ4v) is 1.63. The molecule has 70 valence electrons. The zero-order valence-corrected chi connectivity index (χ0v) is 7.58. The first-order valence-electron chi connectivity index (χ1n) is 4.53. The number of rotatable bonds is 2. The summed E-state index contributed by atoms with van der Waals surface area (Å²) in [6.07, 6.45) is 2.17. The molecule has 1 rings (SSSR count). The van der Waals surface area contributed by atoms with Crippen molar-refractivity contribution in [2.75, 3.05) is 19.7 Å². The molecule has 0 aromatic carbocycles. The van der Waals surface area contributed by atoms with Crippen LogP contribution < -0.4 is 11.1 Å². The minimum absolute atomic E-state index is 0.200. The highest BCUT2D eigenvalue weighted by Crippen LogP contribution is 2.10. The Morgan fingerprint density at radius 1 is 1.75 bits per heavy atom. The normalized spacial score (nSPS) is 27.3. The van der Waals surface area contributed by atoms with Crippen LogP contribution in [0.5, 0.6) is 0 Å². The quantitative estimate of drug-likeness (QED) is 0.373. The molecule has 4 N–H and O–H groups in total. The van der Waals surface area contributed by atoms with Crippen molar-refractivity contribution in [2.45, 2.75) is 25.8 Å². The molecule has 1 heterocycles. The van der Waals surface area contributed by atoms with Gasteiger partial charge in [0.1, 0.15) is 6.04 Å². The van der Waals surface area contributed by atoms with Crippen LogP contribution in [-0.4, -0.2) is 41.4 Å². The summed E-state index contributed by atoms with van der Waals surface area (Å²) in [4.78, 5) is 0. The Morgan fingerprint density at radius 2 is 2.50 bits per heavy atom. The molecule has 0 unspecified atom stereocenters.